The third-order valence-electron chi connectivity index (χ3n) is 4.06. The lowest BCUT2D eigenvalue weighted by Gasteiger charge is -2.34. The van der Waals surface area contributed by atoms with E-state index in [0.717, 1.165) is 30.4 Å². The third kappa shape index (κ3) is 4.08. The van der Waals surface area contributed by atoms with Gasteiger partial charge in [0.25, 0.3) is 5.91 Å². The first-order chi connectivity index (χ1) is 10.6. The second-order valence-electron chi connectivity index (χ2n) is 5.92. The molecule has 2 amide bonds. The zero-order valence-corrected chi connectivity index (χ0v) is 14.0. The van der Waals surface area contributed by atoms with Crippen molar-refractivity contribution in [3.63, 3.8) is 0 Å². The maximum Gasteiger partial charge on any atom is 0.253 e. The number of carbonyl (C=O) groups is 2. The van der Waals surface area contributed by atoms with Gasteiger partial charge in [0.2, 0.25) is 5.91 Å². The zero-order chi connectivity index (χ0) is 15.5. The minimum atomic E-state index is 0.0644. The van der Waals surface area contributed by atoms with Crippen molar-refractivity contribution >= 4 is 27.7 Å². The number of amides is 2. The van der Waals surface area contributed by atoms with E-state index in [1.54, 1.807) is 0 Å². The summed E-state index contributed by atoms with van der Waals surface area (Å²) in [7, 11) is 0. The van der Waals surface area contributed by atoms with Gasteiger partial charge < -0.3 is 10.2 Å². The summed E-state index contributed by atoms with van der Waals surface area (Å²) in [5, 5.41) is 3.00. The van der Waals surface area contributed by atoms with Crippen LogP contribution >= 0.6 is 15.9 Å². The Bertz CT molecular complexity index is 549. The predicted octanol–water partition coefficient (Wildman–Crippen LogP) is 1.49. The van der Waals surface area contributed by atoms with Crippen LogP contribution in [0.5, 0.6) is 0 Å². The van der Waals surface area contributed by atoms with Crippen molar-refractivity contribution in [3.8, 4) is 0 Å². The zero-order valence-electron chi connectivity index (χ0n) is 12.4. The quantitative estimate of drug-likeness (QED) is 0.879. The third-order valence-corrected chi connectivity index (χ3v) is 4.59. The van der Waals surface area contributed by atoms with Gasteiger partial charge in [-0.25, -0.2) is 0 Å². The SMILES string of the molecule is O=C(CN1CCN(C(=O)c2ccc(Br)cc2)CC1)NC1CC1. The van der Waals surface area contributed by atoms with Crippen LogP contribution in [0.25, 0.3) is 0 Å². The van der Waals surface area contributed by atoms with Gasteiger partial charge in [0.05, 0.1) is 6.54 Å². The monoisotopic (exact) mass is 365 g/mol. The van der Waals surface area contributed by atoms with Crippen molar-refractivity contribution in [3.05, 3.63) is 34.3 Å². The van der Waals surface area contributed by atoms with Gasteiger partial charge in [-0.1, -0.05) is 15.9 Å². The van der Waals surface area contributed by atoms with Crippen LogP contribution in [0.4, 0.5) is 0 Å². The van der Waals surface area contributed by atoms with E-state index in [0.29, 0.717) is 31.2 Å². The van der Waals surface area contributed by atoms with Crippen LogP contribution in [-0.4, -0.2) is 60.4 Å². The molecular weight excluding hydrogens is 346 g/mol. The van der Waals surface area contributed by atoms with Crippen molar-refractivity contribution in [2.75, 3.05) is 32.7 Å². The Morgan fingerprint density at radius 2 is 1.73 bits per heavy atom. The number of nitrogens with zero attached hydrogens (tertiary/aromatic N) is 2. The van der Waals surface area contributed by atoms with Crippen molar-refractivity contribution in [2.45, 2.75) is 18.9 Å². The number of benzene rings is 1. The lowest BCUT2D eigenvalue weighted by molar-refractivity contribution is -0.122. The highest BCUT2D eigenvalue weighted by atomic mass is 79.9. The second-order valence-corrected chi connectivity index (χ2v) is 6.83. The smallest absolute Gasteiger partial charge is 0.253 e. The molecule has 1 N–H and O–H groups in total. The molecule has 0 radical (unpaired) electrons. The summed E-state index contributed by atoms with van der Waals surface area (Å²) in [5.74, 6) is 0.171. The van der Waals surface area contributed by atoms with Gasteiger partial charge in [0.1, 0.15) is 0 Å². The Morgan fingerprint density at radius 3 is 2.32 bits per heavy atom. The molecule has 1 heterocycles. The average molecular weight is 366 g/mol. The molecule has 0 spiro atoms. The van der Waals surface area contributed by atoms with Gasteiger partial charge in [-0.3, -0.25) is 14.5 Å². The number of halogens is 1. The van der Waals surface area contributed by atoms with E-state index in [9.17, 15) is 9.59 Å². The molecule has 3 rings (SSSR count). The van der Waals surface area contributed by atoms with Crippen molar-refractivity contribution < 1.29 is 9.59 Å². The van der Waals surface area contributed by atoms with Gasteiger partial charge in [-0.05, 0) is 37.1 Å². The number of nitrogens with one attached hydrogen (secondary N) is 1. The Balaban J connectivity index is 1.47. The van der Waals surface area contributed by atoms with E-state index in [2.05, 4.69) is 26.1 Å². The summed E-state index contributed by atoms with van der Waals surface area (Å²) in [6.07, 6.45) is 2.22. The molecular formula is C16H20BrN3O2. The average Bonchev–Trinajstić information content (AvgIpc) is 3.32. The second kappa shape index (κ2) is 6.79. The van der Waals surface area contributed by atoms with E-state index in [-0.39, 0.29) is 11.8 Å². The predicted molar refractivity (Wildman–Crippen MR) is 87.7 cm³/mol. The highest BCUT2D eigenvalue weighted by Crippen LogP contribution is 2.18. The van der Waals surface area contributed by atoms with Crippen molar-refractivity contribution in [2.24, 2.45) is 0 Å². The topological polar surface area (TPSA) is 52.7 Å². The van der Waals surface area contributed by atoms with Crippen LogP contribution in [0.15, 0.2) is 28.7 Å². The summed E-state index contributed by atoms with van der Waals surface area (Å²) < 4.78 is 0.968. The van der Waals surface area contributed by atoms with Gasteiger partial charge >= 0.3 is 0 Å². The van der Waals surface area contributed by atoms with Crippen LogP contribution in [0.2, 0.25) is 0 Å². The molecule has 1 aliphatic carbocycles. The first-order valence-corrected chi connectivity index (χ1v) is 8.48. The molecule has 1 aliphatic heterocycles. The van der Waals surface area contributed by atoms with Gasteiger partial charge in [0, 0.05) is 42.3 Å². The first-order valence-electron chi connectivity index (χ1n) is 7.68. The highest BCUT2D eigenvalue weighted by molar-refractivity contribution is 9.10. The minimum absolute atomic E-state index is 0.0644. The fraction of sp³-hybridized carbons (Fsp3) is 0.500. The first kappa shape index (κ1) is 15.5. The number of rotatable bonds is 4. The summed E-state index contributed by atoms with van der Waals surface area (Å²) in [6.45, 7) is 3.29. The Hall–Kier alpha value is -1.40. The van der Waals surface area contributed by atoms with Gasteiger partial charge in [0.15, 0.2) is 0 Å². The van der Waals surface area contributed by atoms with E-state index in [1.165, 1.54) is 0 Å². The van der Waals surface area contributed by atoms with Crippen LogP contribution in [0.3, 0.4) is 0 Å². The standard InChI is InChI=1S/C16H20BrN3O2/c17-13-3-1-12(2-4-13)16(22)20-9-7-19(8-10-20)11-15(21)18-14-5-6-14/h1-4,14H,5-11H2,(H,18,21). The number of hydrogen-bond donors (Lipinski definition) is 1. The van der Waals surface area contributed by atoms with E-state index < -0.39 is 0 Å². The van der Waals surface area contributed by atoms with E-state index in [4.69, 9.17) is 0 Å². The molecule has 0 unspecified atom stereocenters. The van der Waals surface area contributed by atoms with Crippen LogP contribution in [-0.2, 0) is 4.79 Å². The fourth-order valence-electron chi connectivity index (χ4n) is 2.59. The summed E-state index contributed by atoms with van der Waals surface area (Å²) in [5.41, 5.74) is 0.711. The summed E-state index contributed by atoms with van der Waals surface area (Å²) in [6, 6.07) is 7.84. The minimum Gasteiger partial charge on any atom is -0.352 e. The van der Waals surface area contributed by atoms with Gasteiger partial charge in [-0.2, -0.15) is 0 Å². The molecule has 5 nitrogen and oxygen atoms in total. The Kier molecular flexibility index (Phi) is 4.78. The molecule has 1 saturated carbocycles. The normalized spacial score (nSPS) is 19.0. The van der Waals surface area contributed by atoms with E-state index in [1.807, 2.05) is 29.2 Å². The fourth-order valence-corrected chi connectivity index (χ4v) is 2.85. The largest absolute Gasteiger partial charge is 0.352 e. The molecule has 2 fully saturated rings. The maximum atomic E-state index is 12.4. The van der Waals surface area contributed by atoms with E-state index >= 15 is 0 Å². The van der Waals surface area contributed by atoms with Gasteiger partial charge in [-0.15, -0.1) is 0 Å². The number of piperazine rings is 1. The molecule has 0 atom stereocenters. The molecule has 1 aromatic rings. The Labute approximate surface area is 138 Å². The summed E-state index contributed by atoms with van der Waals surface area (Å²) in [4.78, 5) is 28.2. The lowest BCUT2D eigenvalue weighted by atomic mass is 10.2. The van der Waals surface area contributed by atoms with Crippen LogP contribution < -0.4 is 5.32 Å². The molecule has 6 heteroatoms. The van der Waals surface area contributed by atoms with Crippen LogP contribution in [0, 0.1) is 0 Å². The molecule has 0 bridgehead atoms. The molecule has 22 heavy (non-hydrogen) atoms. The lowest BCUT2D eigenvalue weighted by Crippen LogP contribution is -2.51. The molecule has 2 aliphatic rings. The van der Waals surface area contributed by atoms with Crippen LogP contribution in [0.1, 0.15) is 23.2 Å². The van der Waals surface area contributed by atoms with Crippen molar-refractivity contribution in [1.82, 2.24) is 15.1 Å². The number of hydrogen-bond acceptors (Lipinski definition) is 3. The van der Waals surface area contributed by atoms with Crippen molar-refractivity contribution in [1.29, 1.82) is 0 Å². The summed E-state index contributed by atoms with van der Waals surface area (Å²) >= 11 is 3.37. The molecule has 0 aromatic heterocycles. The maximum absolute atomic E-state index is 12.4. The number of carbonyl (C=O) groups excluding carboxylic acids is 2. The molecule has 1 saturated heterocycles. The Morgan fingerprint density at radius 1 is 1.09 bits per heavy atom. The molecule has 118 valence electrons. The highest BCUT2D eigenvalue weighted by Gasteiger charge is 2.26. The molecule has 1 aromatic carbocycles.